The normalized spacial score (nSPS) is 33.0. The van der Waals surface area contributed by atoms with Gasteiger partial charge in [0, 0.05) is 0 Å². The van der Waals surface area contributed by atoms with Gasteiger partial charge in [0.05, 0.1) is 43.3 Å². The lowest BCUT2D eigenvalue weighted by atomic mass is 10.0. The summed E-state index contributed by atoms with van der Waals surface area (Å²) in [5.41, 5.74) is 10.4. The molecule has 3 fully saturated rings. The van der Waals surface area contributed by atoms with Crippen molar-refractivity contribution in [3.8, 4) is 0 Å². The second-order valence-electron chi connectivity index (χ2n) is 10.7. The second-order valence-corrected chi connectivity index (χ2v) is 15.1. The highest BCUT2D eigenvalue weighted by atomic mass is 32.5. The number of thioether (sulfide) groups is 1. The molecule has 3 saturated heterocycles. The zero-order valence-corrected chi connectivity index (χ0v) is 25.0. The van der Waals surface area contributed by atoms with E-state index in [1.54, 1.807) is 4.57 Å². The quantitative estimate of drug-likeness (QED) is 0.118. The molecule has 0 aliphatic carbocycles. The molecule has 4 aromatic heterocycles. The number of nitrogens with one attached hydrogen (secondary N) is 1. The molecule has 0 radical (unpaired) electrons. The van der Waals surface area contributed by atoms with Gasteiger partial charge < -0.3 is 45.1 Å². The number of nitrogen functional groups attached to an aromatic ring is 2. The van der Waals surface area contributed by atoms with Gasteiger partial charge in [0.2, 0.25) is 5.95 Å². The van der Waals surface area contributed by atoms with Gasteiger partial charge in [-0.2, -0.15) is 4.98 Å². The molecule has 2 bridgehead atoms. The SMILES string of the molecule is Nc1nc2c(ncn2[C@@H]2S[C@@](CO)(CF)C[C@H]2OP(O)(=S)OCC23CO[C@@H]([C@H](n4cnc5c(N)ncnc54)O2)[C@@H]3O)c(=O)[nH]1. The number of anilines is 2. The zero-order valence-electron chi connectivity index (χ0n) is 22.5. The summed E-state index contributed by atoms with van der Waals surface area (Å²) in [6.07, 6.45) is 0.0577. The van der Waals surface area contributed by atoms with Crippen LogP contribution in [0.1, 0.15) is 18.0 Å². The lowest BCUT2D eigenvalue weighted by Crippen LogP contribution is -2.44. The van der Waals surface area contributed by atoms with Crippen molar-refractivity contribution in [1.82, 2.24) is 39.0 Å². The van der Waals surface area contributed by atoms with Crippen LogP contribution in [0.4, 0.5) is 16.2 Å². The van der Waals surface area contributed by atoms with Crippen molar-refractivity contribution in [2.24, 2.45) is 0 Å². The summed E-state index contributed by atoms with van der Waals surface area (Å²) in [7, 11) is 0. The number of rotatable bonds is 9. The number of imidazole rings is 2. The molecule has 44 heavy (non-hydrogen) atoms. The van der Waals surface area contributed by atoms with Gasteiger partial charge >= 0.3 is 6.72 Å². The summed E-state index contributed by atoms with van der Waals surface area (Å²) in [5.74, 6) is 0.00856. The molecule has 236 valence electrons. The Morgan fingerprint density at radius 1 is 1.23 bits per heavy atom. The largest absolute Gasteiger partial charge is 0.395 e. The van der Waals surface area contributed by atoms with E-state index in [2.05, 4.69) is 29.9 Å². The van der Waals surface area contributed by atoms with Crippen LogP contribution in [0.3, 0.4) is 0 Å². The van der Waals surface area contributed by atoms with Crippen molar-refractivity contribution in [3.05, 3.63) is 29.3 Å². The van der Waals surface area contributed by atoms with Crippen LogP contribution in [0.15, 0.2) is 23.8 Å². The van der Waals surface area contributed by atoms with Crippen LogP contribution in [0.2, 0.25) is 0 Å². The summed E-state index contributed by atoms with van der Waals surface area (Å²) >= 11 is 6.35. The molecule has 22 heteroatoms. The molecule has 0 amide bonds. The van der Waals surface area contributed by atoms with Gasteiger partial charge in [-0.05, 0) is 18.2 Å². The second kappa shape index (κ2) is 10.6. The summed E-state index contributed by atoms with van der Waals surface area (Å²) < 4.78 is 39.6. The Balaban J connectivity index is 1.12. The monoisotopic (exact) mass is 672 g/mol. The molecule has 7 heterocycles. The predicted molar refractivity (Wildman–Crippen MR) is 155 cm³/mol. The Bertz CT molecular complexity index is 1860. The highest BCUT2D eigenvalue weighted by Crippen LogP contribution is 2.58. The molecule has 0 spiro atoms. The molecule has 0 saturated carbocycles. The number of fused-ring (bicyclic) bond motifs is 4. The first-order valence-electron chi connectivity index (χ1n) is 13.1. The lowest BCUT2D eigenvalue weighted by Gasteiger charge is -2.32. The minimum Gasteiger partial charge on any atom is -0.395 e. The maximum atomic E-state index is 14.2. The Labute approximate surface area is 255 Å². The Morgan fingerprint density at radius 2 is 2.00 bits per heavy atom. The summed E-state index contributed by atoms with van der Waals surface area (Å²) in [4.78, 5) is 46.5. The number of nitrogens with zero attached hydrogens (tertiary/aromatic N) is 7. The minimum atomic E-state index is -4.11. The van der Waals surface area contributed by atoms with E-state index in [9.17, 15) is 24.3 Å². The van der Waals surface area contributed by atoms with Gasteiger partial charge in [-0.1, -0.05) is 0 Å². The van der Waals surface area contributed by atoms with E-state index in [4.69, 9.17) is 41.8 Å². The van der Waals surface area contributed by atoms with Crippen LogP contribution in [-0.4, -0.2) is 109 Å². The van der Waals surface area contributed by atoms with Gasteiger partial charge in [-0.25, -0.2) is 24.3 Å². The Kier molecular flexibility index (Phi) is 7.20. The fourth-order valence-corrected chi connectivity index (χ4v) is 8.75. The molecule has 2 unspecified atom stereocenters. The van der Waals surface area contributed by atoms with Gasteiger partial charge in [0.25, 0.3) is 5.56 Å². The van der Waals surface area contributed by atoms with Crippen LogP contribution in [0, 0.1) is 0 Å². The highest BCUT2D eigenvalue weighted by molar-refractivity contribution is 8.07. The van der Waals surface area contributed by atoms with Gasteiger partial charge in [0.1, 0.15) is 41.7 Å². The molecule has 3 aliphatic rings. The number of halogens is 1. The fraction of sp³-hybridized carbons (Fsp3) is 0.545. The number of ether oxygens (including phenoxy) is 2. The van der Waals surface area contributed by atoms with Crippen LogP contribution in [0.25, 0.3) is 22.3 Å². The van der Waals surface area contributed by atoms with Crippen molar-refractivity contribution in [2.45, 2.75) is 46.7 Å². The molecule has 8 N–H and O–H groups in total. The van der Waals surface area contributed by atoms with E-state index in [1.165, 1.54) is 23.5 Å². The number of nitrogens with two attached hydrogens (primary N) is 2. The van der Waals surface area contributed by atoms with Crippen molar-refractivity contribution >= 4 is 64.4 Å². The lowest BCUT2D eigenvalue weighted by molar-refractivity contribution is -0.183. The summed E-state index contributed by atoms with van der Waals surface area (Å²) in [5, 5.41) is 20.3. The van der Waals surface area contributed by atoms with Crippen LogP contribution >= 0.6 is 18.5 Å². The summed E-state index contributed by atoms with van der Waals surface area (Å²) in [6.45, 7) is -6.08. The molecular formula is C22H26FN10O8PS2. The third-order valence-electron chi connectivity index (χ3n) is 7.93. The number of alkyl halides is 1. The average Bonchev–Trinajstić information content (AvgIpc) is 3.80. The zero-order chi connectivity index (χ0) is 31.0. The first-order chi connectivity index (χ1) is 21.0. The first kappa shape index (κ1) is 29.8. The third-order valence-corrected chi connectivity index (χ3v) is 11.2. The average molecular weight is 673 g/mol. The number of aromatic amines is 1. The molecule has 3 aliphatic heterocycles. The van der Waals surface area contributed by atoms with Crippen molar-refractivity contribution in [3.63, 3.8) is 0 Å². The number of aliphatic hydroxyl groups is 2. The van der Waals surface area contributed by atoms with Crippen LogP contribution in [-0.2, 0) is 30.3 Å². The van der Waals surface area contributed by atoms with Gasteiger partial charge in [-0.15, -0.1) is 11.8 Å². The van der Waals surface area contributed by atoms with E-state index >= 15 is 0 Å². The standard InChI is InChI=1S/C22H26FN10O8PS2/c23-2-21(3-34)1-9(19(44-21)33-8-29-11-16(33)30-20(25)31-17(11)36)41-42(37,43)39-5-22-4-38-12(13(22)35)18(40-22)32-7-28-10-14(24)26-6-27-15(10)32/h6-9,12-13,18-19,34-35H,1-5H2,(H,37,43)(H2,24,26,27)(H3,25,30,31,36)/t9-,12-,13+,18-,19-,21-,22?,42?/m1/s1. The Hall–Kier alpha value is -2.85. The topological polar surface area (TPSA) is 257 Å². The molecule has 7 rings (SSSR count). The summed E-state index contributed by atoms with van der Waals surface area (Å²) in [6, 6.07) is 0. The van der Waals surface area contributed by atoms with Crippen LogP contribution in [0.5, 0.6) is 0 Å². The molecule has 18 nitrogen and oxygen atoms in total. The number of hydrogen-bond acceptors (Lipinski definition) is 16. The predicted octanol–water partition coefficient (Wildman–Crippen LogP) is -0.894. The highest BCUT2D eigenvalue weighted by Gasteiger charge is 2.62. The smallest absolute Gasteiger partial charge is 0.325 e. The van der Waals surface area contributed by atoms with E-state index < -0.39 is 72.4 Å². The van der Waals surface area contributed by atoms with E-state index in [1.807, 2.05) is 0 Å². The van der Waals surface area contributed by atoms with Crippen molar-refractivity contribution < 1.29 is 38.0 Å². The molecular weight excluding hydrogens is 646 g/mol. The van der Waals surface area contributed by atoms with E-state index in [-0.39, 0.29) is 36.0 Å². The van der Waals surface area contributed by atoms with Crippen LogP contribution < -0.4 is 17.0 Å². The number of hydrogen-bond donors (Lipinski definition) is 6. The molecule has 4 aromatic rings. The third kappa shape index (κ3) is 4.70. The van der Waals surface area contributed by atoms with Gasteiger partial charge in [-0.3, -0.25) is 18.9 Å². The number of H-pyrrole nitrogens is 1. The maximum absolute atomic E-state index is 14.2. The number of aromatic nitrogens is 8. The van der Waals surface area contributed by atoms with E-state index in [0.29, 0.717) is 11.2 Å². The van der Waals surface area contributed by atoms with Crippen molar-refractivity contribution in [1.29, 1.82) is 0 Å². The fourth-order valence-electron chi connectivity index (χ4n) is 5.72. The van der Waals surface area contributed by atoms with E-state index in [0.717, 1.165) is 11.8 Å². The molecule has 0 aromatic carbocycles. The Morgan fingerprint density at radius 3 is 2.77 bits per heavy atom. The van der Waals surface area contributed by atoms with Gasteiger partial charge in [0.15, 0.2) is 28.9 Å². The minimum absolute atomic E-state index is 0.0170. The number of aliphatic hydroxyl groups excluding tert-OH is 2. The van der Waals surface area contributed by atoms with Crippen molar-refractivity contribution in [2.75, 3.05) is 38.0 Å². The molecule has 8 atom stereocenters. The maximum Gasteiger partial charge on any atom is 0.325 e. The first-order valence-corrected chi connectivity index (χ1v) is 16.6.